The summed E-state index contributed by atoms with van der Waals surface area (Å²) in [6, 6.07) is 13.9. The highest BCUT2D eigenvalue weighted by atomic mass is 32.2. The molecule has 0 aliphatic rings. The van der Waals surface area contributed by atoms with Gasteiger partial charge in [0.15, 0.2) is 0 Å². The highest BCUT2D eigenvalue weighted by Crippen LogP contribution is 2.20. The fraction of sp³-hybridized carbons (Fsp3) is 0.353. The van der Waals surface area contributed by atoms with Crippen LogP contribution in [0.15, 0.2) is 47.5 Å². The van der Waals surface area contributed by atoms with Crippen molar-refractivity contribution in [2.45, 2.75) is 12.8 Å². The van der Waals surface area contributed by atoms with Gasteiger partial charge in [0.05, 0.1) is 19.0 Å². The molecule has 0 aliphatic heterocycles. The number of benzene rings is 2. The highest BCUT2D eigenvalue weighted by Gasteiger charge is 2.10. The molecular weight excluding hydrogens is 314 g/mol. The van der Waals surface area contributed by atoms with E-state index in [9.17, 15) is 8.42 Å². The number of ether oxygens (including phenoxy) is 1. The Kier molecular flexibility index (Phi) is 6.55. The molecule has 2 aromatic carbocycles. The van der Waals surface area contributed by atoms with Gasteiger partial charge in [-0.05, 0) is 36.0 Å². The third kappa shape index (κ3) is 6.00. The van der Waals surface area contributed by atoms with Crippen molar-refractivity contribution < 1.29 is 17.3 Å². The van der Waals surface area contributed by atoms with E-state index in [0.29, 0.717) is 26.0 Å². The second-order valence-electron chi connectivity index (χ2n) is 5.10. The Morgan fingerprint density at radius 1 is 1.00 bits per heavy atom. The quantitative estimate of drug-likeness (QED) is 0.380. The Morgan fingerprint density at radius 2 is 1.78 bits per heavy atom. The monoisotopic (exact) mass is 335 g/mol. The minimum atomic E-state index is -3.47. The summed E-state index contributed by atoms with van der Waals surface area (Å²) in [5.74, 6) is 0.737. The third-order valence-corrected chi connectivity index (χ3v) is 4.57. The predicted octanol–water partition coefficient (Wildman–Crippen LogP) is 3.05. The van der Waals surface area contributed by atoms with Crippen molar-refractivity contribution in [3.63, 3.8) is 0 Å². The molecule has 0 aromatic heterocycles. The lowest BCUT2D eigenvalue weighted by Crippen LogP contribution is -2.13. The zero-order valence-corrected chi connectivity index (χ0v) is 13.8. The Hall–Kier alpha value is -1.92. The average Bonchev–Trinajstić information content (AvgIpc) is 2.54. The van der Waals surface area contributed by atoms with Crippen molar-refractivity contribution in [1.82, 2.24) is 0 Å². The first kappa shape index (κ1) is 17.4. The van der Waals surface area contributed by atoms with Crippen LogP contribution >= 0.6 is 0 Å². The number of aliphatic imine (C=N–C) groups is 1. The summed E-state index contributed by atoms with van der Waals surface area (Å²) in [7, 11) is -3.47. The first-order valence-electron chi connectivity index (χ1n) is 7.52. The maximum Gasteiger partial charge on any atom is 0.267 e. The topological polar surface area (TPSA) is 65.0 Å². The Bertz CT molecular complexity index is 743. The van der Waals surface area contributed by atoms with E-state index in [-0.39, 0.29) is 12.4 Å². The van der Waals surface area contributed by atoms with E-state index >= 15 is 0 Å². The summed E-state index contributed by atoms with van der Waals surface area (Å²) in [5.41, 5.74) is 0. The van der Waals surface area contributed by atoms with Crippen LogP contribution in [0.3, 0.4) is 0 Å². The van der Waals surface area contributed by atoms with E-state index in [4.69, 9.17) is 8.92 Å². The molecule has 0 spiro atoms. The second-order valence-corrected chi connectivity index (χ2v) is 6.85. The van der Waals surface area contributed by atoms with Gasteiger partial charge in [0.25, 0.3) is 10.1 Å². The molecule has 2 aromatic rings. The lowest BCUT2D eigenvalue weighted by Gasteiger charge is -2.08. The van der Waals surface area contributed by atoms with E-state index < -0.39 is 10.1 Å². The maximum absolute atomic E-state index is 11.6. The molecule has 0 atom stereocenters. The molecule has 0 unspecified atom stereocenters. The lowest BCUT2D eigenvalue weighted by atomic mass is 10.1. The normalized spacial score (nSPS) is 11.5. The summed E-state index contributed by atoms with van der Waals surface area (Å²) in [5, 5.41) is 2.27. The van der Waals surface area contributed by atoms with Crippen LogP contribution in [0.4, 0.5) is 0 Å². The first-order valence-corrected chi connectivity index (χ1v) is 9.10. The third-order valence-electron chi connectivity index (χ3n) is 3.25. The Morgan fingerprint density at radius 3 is 2.57 bits per heavy atom. The van der Waals surface area contributed by atoms with Gasteiger partial charge < -0.3 is 9.73 Å². The van der Waals surface area contributed by atoms with Gasteiger partial charge in [-0.3, -0.25) is 4.18 Å². The van der Waals surface area contributed by atoms with E-state index in [1.807, 2.05) is 42.5 Å². The molecule has 0 saturated heterocycles. The second kappa shape index (κ2) is 8.64. The molecule has 0 saturated carbocycles. The van der Waals surface area contributed by atoms with Crippen molar-refractivity contribution in [2.75, 3.05) is 25.5 Å². The molecule has 0 radical (unpaired) electrons. The lowest BCUT2D eigenvalue weighted by molar-refractivity contribution is 0.251. The summed E-state index contributed by atoms with van der Waals surface area (Å²) in [6.45, 7) is 4.26. The number of hydrogen-bond donors (Lipinski definition) is 0. The van der Waals surface area contributed by atoms with Crippen LogP contribution in [0.1, 0.15) is 12.8 Å². The van der Waals surface area contributed by atoms with Crippen LogP contribution in [-0.4, -0.2) is 40.6 Å². The standard InChI is InChI=1S/C17H21NO4S/c1-18-10-4-13-23(19,20)22-12-5-11-21-17-9-8-15-6-2-3-7-16(15)14-17/h2-3,6-9,14H,1,4-5,10-13H2. The number of hydrogen-bond acceptors (Lipinski definition) is 5. The molecule has 6 heteroatoms. The van der Waals surface area contributed by atoms with Gasteiger partial charge in [-0.1, -0.05) is 30.3 Å². The molecule has 0 N–H and O–H groups in total. The zero-order valence-electron chi connectivity index (χ0n) is 13.0. The van der Waals surface area contributed by atoms with Gasteiger partial charge in [-0.25, -0.2) is 0 Å². The fourth-order valence-corrected chi connectivity index (χ4v) is 3.08. The van der Waals surface area contributed by atoms with Crippen molar-refractivity contribution >= 4 is 27.6 Å². The van der Waals surface area contributed by atoms with Gasteiger partial charge in [-0.2, -0.15) is 8.42 Å². The van der Waals surface area contributed by atoms with Crippen LogP contribution < -0.4 is 4.74 Å². The van der Waals surface area contributed by atoms with E-state index in [2.05, 4.69) is 11.7 Å². The largest absolute Gasteiger partial charge is 0.493 e. The minimum Gasteiger partial charge on any atom is -0.493 e. The minimum absolute atomic E-state index is 0.0302. The molecule has 0 aliphatic carbocycles. The van der Waals surface area contributed by atoms with Gasteiger partial charge in [0, 0.05) is 13.0 Å². The summed E-state index contributed by atoms with van der Waals surface area (Å²) < 4.78 is 33.7. The summed E-state index contributed by atoms with van der Waals surface area (Å²) in [6.07, 6.45) is 0.936. The SMILES string of the molecule is C=NCCCS(=O)(=O)OCCCOc1ccc2ccccc2c1. The molecule has 5 nitrogen and oxygen atoms in total. The van der Waals surface area contributed by atoms with Gasteiger partial charge >= 0.3 is 0 Å². The number of nitrogens with zero attached hydrogens (tertiary/aromatic N) is 1. The van der Waals surface area contributed by atoms with Gasteiger partial charge in [-0.15, -0.1) is 0 Å². The van der Waals surface area contributed by atoms with E-state index in [1.165, 1.54) is 0 Å². The zero-order chi connectivity index (χ0) is 16.5. The highest BCUT2D eigenvalue weighted by molar-refractivity contribution is 7.86. The van der Waals surface area contributed by atoms with E-state index in [1.54, 1.807) is 0 Å². The Labute approximate surface area is 137 Å². The van der Waals surface area contributed by atoms with Gasteiger partial charge in [0.2, 0.25) is 0 Å². The van der Waals surface area contributed by atoms with Crippen molar-refractivity contribution in [2.24, 2.45) is 4.99 Å². The van der Waals surface area contributed by atoms with Crippen molar-refractivity contribution in [1.29, 1.82) is 0 Å². The average molecular weight is 335 g/mol. The molecule has 124 valence electrons. The summed E-state index contributed by atoms with van der Waals surface area (Å²) >= 11 is 0. The van der Waals surface area contributed by atoms with Gasteiger partial charge in [0.1, 0.15) is 5.75 Å². The van der Waals surface area contributed by atoms with Crippen LogP contribution in [0, 0.1) is 0 Å². The van der Waals surface area contributed by atoms with E-state index in [0.717, 1.165) is 16.5 Å². The maximum atomic E-state index is 11.6. The molecular formula is C17H21NO4S. The summed E-state index contributed by atoms with van der Waals surface area (Å²) in [4.78, 5) is 3.61. The molecule has 0 fully saturated rings. The smallest absolute Gasteiger partial charge is 0.267 e. The van der Waals surface area contributed by atoms with Crippen molar-refractivity contribution in [3.05, 3.63) is 42.5 Å². The van der Waals surface area contributed by atoms with Crippen LogP contribution in [0.2, 0.25) is 0 Å². The number of fused-ring (bicyclic) bond motifs is 1. The predicted molar refractivity (Wildman–Crippen MR) is 92.8 cm³/mol. The Balaban J connectivity index is 1.71. The molecule has 23 heavy (non-hydrogen) atoms. The van der Waals surface area contributed by atoms with Crippen LogP contribution in [-0.2, 0) is 14.3 Å². The van der Waals surface area contributed by atoms with Crippen molar-refractivity contribution in [3.8, 4) is 5.75 Å². The molecule has 0 heterocycles. The van der Waals surface area contributed by atoms with Crippen LogP contribution in [0.25, 0.3) is 10.8 Å². The fourth-order valence-electron chi connectivity index (χ4n) is 2.10. The molecule has 0 bridgehead atoms. The molecule has 0 amide bonds. The molecule has 2 rings (SSSR count). The van der Waals surface area contributed by atoms with Crippen LogP contribution in [0.5, 0.6) is 5.75 Å². The number of rotatable bonds is 10. The first-order chi connectivity index (χ1) is 11.1.